The number of hydrogen-bond donors (Lipinski definition) is 2. The molecule has 2 heterocycles. The summed E-state index contributed by atoms with van der Waals surface area (Å²) in [6.45, 7) is 10.1. The Hall–Kier alpha value is -4.73. The van der Waals surface area contributed by atoms with E-state index in [4.69, 9.17) is 4.74 Å². The zero-order chi connectivity index (χ0) is 35.5. The van der Waals surface area contributed by atoms with E-state index < -0.39 is 34.9 Å². The van der Waals surface area contributed by atoms with Gasteiger partial charge in [-0.05, 0) is 81.2 Å². The molecule has 0 unspecified atom stereocenters. The van der Waals surface area contributed by atoms with Gasteiger partial charge in [0.05, 0.1) is 11.3 Å². The first kappa shape index (κ1) is 35.6. The lowest BCUT2D eigenvalue weighted by Crippen LogP contribution is -2.55. The Morgan fingerprint density at radius 3 is 2.20 bits per heavy atom. The molecule has 2 aromatic carbocycles. The van der Waals surface area contributed by atoms with Gasteiger partial charge in [-0.3, -0.25) is 19.2 Å². The lowest BCUT2D eigenvalue weighted by atomic mass is 9.62. The summed E-state index contributed by atoms with van der Waals surface area (Å²) in [5, 5.41) is 6.05. The second kappa shape index (κ2) is 14.4. The van der Waals surface area contributed by atoms with Crippen molar-refractivity contribution in [2.24, 2.45) is 13.0 Å². The van der Waals surface area contributed by atoms with Crippen LogP contribution in [0.25, 0.3) is 0 Å². The minimum atomic E-state index is -1.13. The standard InChI is InChI=1S/C39H48N4O6/c1-25(2)32(36(47)49-38(3,4)5)41-37(48)39(26-13-8-7-9-14-26)21-18-29(28-15-10-11-17-31(28)39)35(46)43-23-19-27(20-24-43)40-33(44)30-16-12-22-42(6)34(30)45/h7-17,22,25,27,29,32H,18-21,23-24H2,1-6H3,(H,40,44)(H,41,48)/t29-,32-,39+/m0/s1. The normalized spacial score (nSPS) is 20.2. The van der Waals surface area contributed by atoms with Crippen molar-refractivity contribution in [1.82, 2.24) is 20.1 Å². The van der Waals surface area contributed by atoms with Gasteiger partial charge in [0.25, 0.3) is 11.5 Å². The summed E-state index contributed by atoms with van der Waals surface area (Å²) < 4.78 is 7.07. The van der Waals surface area contributed by atoms with Gasteiger partial charge in [0.15, 0.2) is 0 Å². The minimum absolute atomic E-state index is 0.00923. The molecule has 1 saturated heterocycles. The van der Waals surface area contributed by atoms with Crippen molar-refractivity contribution >= 4 is 23.7 Å². The number of esters is 1. The molecule has 1 aliphatic heterocycles. The highest BCUT2D eigenvalue weighted by molar-refractivity contribution is 5.97. The number of nitrogens with zero attached hydrogens (tertiary/aromatic N) is 2. The molecule has 0 spiro atoms. The van der Waals surface area contributed by atoms with Crippen LogP contribution in [0.2, 0.25) is 0 Å². The number of likely N-dealkylation sites (tertiary alicyclic amines) is 1. The number of rotatable bonds is 8. The van der Waals surface area contributed by atoms with E-state index in [-0.39, 0.29) is 34.9 Å². The molecule has 3 aromatic rings. The summed E-state index contributed by atoms with van der Waals surface area (Å²) in [5.74, 6) is -1.87. The molecule has 3 atom stereocenters. The predicted molar refractivity (Wildman–Crippen MR) is 187 cm³/mol. The molecule has 10 heteroatoms. The van der Waals surface area contributed by atoms with Crippen molar-refractivity contribution in [2.75, 3.05) is 13.1 Å². The van der Waals surface area contributed by atoms with Gasteiger partial charge in [0.2, 0.25) is 11.8 Å². The summed E-state index contributed by atoms with van der Waals surface area (Å²) >= 11 is 0. The fourth-order valence-electron chi connectivity index (χ4n) is 7.11. The minimum Gasteiger partial charge on any atom is -0.458 e. The van der Waals surface area contributed by atoms with E-state index in [1.807, 2.05) is 73.3 Å². The molecule has 0 bridgehead atoms. The number of carbonyl (C=O) groups excluding carboxylic acids is 4. The second-order valence-electron chi connectivity index (χ2n) is 14.6. The maximum atomic E-state index is 14.6. The molecule has 0 radical (unpaired) electrons. The summed E-state index contributed by atoms with van der Waals surface area (Å²) in [6, 6.07) is 19.4. The summed E-state index contributed by atoms with van der Waals surface area (Å²) in [6.07, 6.45) is 3.54. The first-order valence-corrected chi connectivity index (χ1v) is 17.2. The third kappa shape index (κ3) is 7.48. The van der Waals surface area contributed by atoms with Crippen LogP contribution in [0.3, 0.4) is 0 Å². The third-order valence-corrected chi connectivity index (χ3v) is 9.68. The Kier molecular flexibility index (Phi) is 10.5. The monoisotopic (exact) mass is 668 g/mol. The highest BCUT2D eigenvalue weighted by Crippen LogP contribution is 2.48. The van der Waals surface area contributed by atoms with Crippen LogP contribution in [-0.2, 0) is 31.6 Å². The quantitative estimate of drug-likeness (QED) is 0.342. The topological polar surface area (TPSA) is 127 Å². The van der Waals surface area contributed by atoms with Crippen molar-refractivity contribution in [3.8, 4) is 0 Å². The van der Waals surface area contributed by atoms with Crippen molar-refractivity contribution in [2.45, 2.75) is 89.3 Å². The number of ether oxygens (including phenoxy) is 1. The van der Waals surface area contributed by atoms with Gasteiger partial charge in [0, 0.05) is 32.4 Å². The molecule has 0 saturated carbocycles. The molecule has 3 amide bonds. The number of aromatic nitrogens is 1. The van der Waals surface area contributed by atoms with Crippen molar-refractivity contribution in [3.63, 3.8) is 0 Å². The molecular formula is C39H48N4O6. The first-order chi connectivity index (χ1) is 23.2. The van der Waals surface area contributed by atoms with Crippen LogP contribution in [0, 0.1) is 5.92 Å². The molecule has 1 fully saturated rings. The van der Waals surface area contributed by atoms with Crippen molar-refractivity contribution in [1.29, 1.82) is 0 Å². The first-order valence-electron chi connectivity index (χ1n) is 17.2. The van der Waals surface area contributed by atoms with E-state index >= 15 is 0 Å². The van der Waals surface area contributed by atoms with Crippen LogP contribution in [0.5, 0.6) is 0 Å². The molecule has 5 rings (SSSR count). The van der Waals surface area contributed by atoms with E-state index in [2.05, 4.69) is 10.6 Å². The van der Waals surface area contributed by atoms with E-state index in [9.17, 15) is 24.0 Å². The Morgan fingerprint density at radius 2 is 1.55 bits per heavy atom. The average Bonchev–Trinajstić information content (AvgIpc) is 3.07. The Labute approximate surface area is 288 Å². The van der Waals surface area contributed by atoms with Gasteiger partial charge in [0.1, 0.15) is 17.2 Å². The summed E-state index contributed by atoms with van der Waals surface area (Å²) in [7, 11) is 1.61. The van der Waals surface area contributed by atoms with Gasteiger partial charge in [-0.1, -0.05) is 68.4 Å². The number of pyridine rings is 1. The van der Waals surface area contributed by atoms with Crippen molar-refractivity contribution < 1.29 is 23.9 Å². The number of carbonyl (C=O) groups is 4. The molecular weight excluding hydrogens is 620 g/mol. The van der Waals surface area contributed by atoms with Gasteiger partial charge in [-0.15, -0.1) is 0 Å². The van der Waals surface area contributed by atoms with Crippen LogP contribution < -0.4 is 16.2 Å². The van der Waals surface area contributed by atoms with Gasteiger partial charge in [-0.2, -0.15) is 0 Å². The number of nitrogens with one attached hydrogen (secondary N) is 2. The van der Waals surface area contributed by atoms with Crippen molar-refractivity contribution in [3.05, 3.63) is 106 Å². The highest BCUT2D eigenvalue weighted by atomic mass is 16.6. The summed E-state index contributed by atoms with van der Waals surface area (Å²) in [4.78, 5) is 69.2. The molecule has 260 valence electrons. The number of fused-ring (bicyclic) bond motifs is 1. The average molecular weight is 669 g/mol. The lowest BCUT2D eigenvalue weighted by Gasteiger charge is -2.43. The maximum absolute atomic E-state index is 14.6. The van der Waals surface area contributed by atoms with E-state index in [1.165, 1.54) is 10.6 Å². The number of benzene rings is 2. The number of piperidine rings is 1. The van der Waals surface area contributed by atoms with Gasteiger partial charge in [-0.25, -0.2) is 4.79 Å². The molecule has 1 aliphatic carbocycles. The Morgan fingerprint density at radius 1 is 0.898 bits per heavy atom. The van der Waals surface area contributed by atoms with Gasteiger partial charge >= 0.3 is 5.97 Å². The molecule has 49 heavy (non-hydrogen) atoms. The maximum Gasteiger partial charge on any atom is 0.329 e. The van der Waals surface area contributed by atoms with Crippen LogP contribution in [0.1, 0.15) is 93.3 Å². The Bertz CT molecular complexity index is 1750. The molecule has 2 N–H and O–H groups in total. The zero-order valence-corrected chi connectivity index (χ0v) is 29.3. The van der Waals surface area contributed by atoms with Gasteiger partial charge < -0.3 is 24.8 Å². The van der Waals surface area contributed by atoms with Crippen LogP contribution in [0.4, 0.5) is 0 Å². The SMILES string of the molecule is CC(C)[C@H](NC(=O)[C@@]1(c2ccccc2)CC[C@H](C(=O)N2CCC(NC(=O)c3cccn(C)c3=O)CC2)c2ccccc21)C(=O)OC(C)(C)C. The Balaban J connectivity index is 1.38. The van der Waals surface area contributed by atoms with E-state index in [0.717, 1.165) is 16.7 Å². The molecule has 10 nitrogen and oxygen atoms in total. The molecule has 1 aromatic heterocycles. The highest BCUT2D eigenvalue weighted by Gasteiger charge is 2.50. The van der Waals surface area contributed by atoms with Crippen LogP contribution in [-0.4, -0.2) is 63.9 Å². The van der Waals surface area contributed by atoms with Crippen LogP contribution >= 0.6 is 0 Å². The number of amides is 3. The zero-order valence-electron chi connectivity index (χ0n) is 29.3. The largest absolute Gasteiger partial charge is 0.458 e. The predicted octanol–water partition coefficient (Wildman–Crippen LogP) is 4.45. The van der Waals surface area contributed by atoms with E-state index in [1.54, 1.807) is 40.1 Å². The second-order valence-corrected chi connectivity index (χ2v) is 14.6. The third-order valence-electron chi connectivity index (χ3n) is 9.68. The van der Waals surface area contributed by atoms with E-state index in [0.29, 0.717) is 38.8 Å². The smallest absolute Gasteiger partial charge is 0.329 e. The lowest BCUT2D eigenvalue weighted by molar-refractivity contribution is -0.160. The fraction of sp³-hybridized carbons (Fsp3) is 0.462. The molecule has 2 aliphatic rings. The fourth-order valence-corrected chi connectivity index (χ4v) is 7.11. The number of aryl methyl sites for hydroxylation is 1. The summed E-state index contributed by atoms with van der Waals surface area (Å²) in [5.41, 5.74) is 0.246. The van der Waals surface area contributed by atoms with Crippen LogP contribution in [0.15, 0.2) is 77.7 Å². The number of hydrogen-bond acceptors (Lipinski definition) is 6.